The van der Waals surface area contributed by atoms with E-state index in [1.807, 2.05) is 31.3 Å². The fourth-order valence-corrected chi connectivity index (χ4v) is 5.77. The van der Waals surface area contributed by atoms with Crippen LogP contribution in [0.15, 0.2) is 24.3 Å². The summed E-state index contributed by atoms with van der Waals surface area (Å²) in [6.45, 7) is 4.07. The fraction of sp³-hybridized carbons (Fsp3) is 0.714. The molecule has 6 heteroatoms. The molecule has 2 fully saturated rings. The van der Waals surface area contributed by atoms with Crippen molar-refractivity contribution in [1.29, 1.82) is 0 Å². The van der Waals surface area contributed by atoms with Crippen LogP contribution in [-0.2, 0) is 9.53 Å². The van der Waals surface area contributed by atoms with Gasteiger partial charge < -0.3 is 19.3 Å². The van der Waals surface area contributed by atoms with Crippen LogP contribution in [0.4, 0.5) is 0 Å². The van der Waals surface area contributed by atoms with Crippen LogP contribution in [0.2, 0.25) is 0 Å². The topological polar surface area (TPSA) is 59.1 Å². The van der Waals surface area contributed by atoms with Crippen molar-refractivity contribution in [1.82, 2.24) is 9.80 Å². The Morgan fingerprint density at radius 3 is 2.41 bits per heavy atom. The molecule has 0 aromatic heterocycles. The number of likely N-dealkylation sites (N-methyl/N-ethyl adjacent to an activating group) is 1. The summed E-state index contributed by atoms with van der Waals surface area (Å²) < 4.78 is 12.2. The lowest BCUT2D eigenvalue weighted by atomic mass is 9.75. The minimum absolute atomic E-state index is 0.0332. The van der Waals surface area contributed by atoms with Gasteiger partial charge in [-0.25, -0.2) is 0 Å². The molecule has 2 aliphatic heterocycles. The summed E-state index contributed by atoms with van der Waals surface area (Å²) >= 11 is 0. The average Bonchev–Trinajstić information content (AvgIpc) is 3.16. The first-order chi connectivity index (χ1) is 16.6. The van der Waals surface area contributed by atoms with Gasteiger partial charge in [0.05, 0.1) is 18.8 Å². The number of likely N-dealkylation sites (tertiary alicyclic amines) is 1. The molecule has 2 amide bonds. The van der Waals surface area contributed by atoms with Crippen LogP contribution < -0.4 is 4.74 Å². The van der Waals surface area contributed by atoms with E-state index in [1.165, 1.54) is 25.7 Å². The van der Waals surface area contributed by atoms with Crippen LogP contribution in [-0.4, -0.2) is 68.1 Å². The maximum absolute atomic E-state index is 13.2. The number of ether oxygens (including phenoxy) is 2. The summed E-state index contributed by atoms with van der Waals surface area (Å²) in [5, 5.41) is 0. The highest BCUT2D eigenvalue weighted by molar-refractivity contribution is 5.96. The van der Waals surface area contributed by atoms with Crippen molar-refractivity contribution in [3.63, 3.8) is 0 Å². The van der Waals surface area contributed by atoms with E-state index in [-0.39, 0.29) is 17.2 Å². The van der Waals surface area contributed by atoms with Crippen molar-refractivity contribution in [2.75, 3.05) is 46.5 Å². The van der Waals surface area contributed by atoms with Crippen molar-refractivity contribution in [2.45, 2.75) is 70.6 Å². The molecule has 0 atom stereocenters. The first kappa shape index (κ1) is 25.0. The molecule has 1 aromatic carbocycles. The predicted molar refractivity (Wildman–Crippen MR) is 133 cm³/mol. The van der Waals surface area contributed by atoms with Crippen molar-refractivity contribution in [2.24, 2.45) is 11.3 Å². The number of rotatable bonds is 1. The number of hydrogen-bond donors (Lipinski definition) is 0. The highest BCUT2D eigenvalue weighted by Crippen LogP contribution is 2.39. The zero-order valence-electron chi connectivity index (χ0n) is 20.9. The molecule has 188 valence electrons. The summed E-state index contributed by atoms with van der Waals surface area (Å²) in [5.74, 6) is 1.23. The number of benzene rings is 1. The molecule has 1 aliphatic carbocycles. The van der Waals surface area contributed by atoms with Gasteiger partial charge in [0.25, 0.3) is 5.91 Å². The largest absolute Gasteiger partial charge is 0.492 e. The molecule has 0 bridgehead atoms. The van der Waals surface area contributed by atoms with E-state index in [2.05, 4.69) is 4.90 Å². The Balaban J connectivity index is 1.45. The zero-order chi connectivity index (χ0) is 23.8. The van der Waals surface area contributed by atoms with Crippen LogP contribution in [0.25, 0.3) is 0 Å². The molecular weight excluding hydrogens is 428 g/mol. The van der Waals surface area contributed by atoms with Gasteiger partial charge in [0.2, 0.25) is 5.91 Å². The molecule has 6 nitrogen and oxygen atoms in total. The third-order valence-corrected chi connectivity index (χ3v) is 8.16. The van der Waals surface area contributed by atoms with Crippen LogP contribution in [0.3, 0.4) is 0 Å². The Hall–Kier alpha value is -2.08. The van der Waals surface area contributed by atoms with E-state index in [9.17, 15) is 9.59 Å². The third-order valence-electron chi connectivity index (χ3n) is 8.16. The summed E-state index contributed by atoms with van der Waals surface area (Å²) in [5.41, 5.74) is 0.644. The first-order valence-corrected chi connectivity index (χ1v) is 13.4. The minimum atomic E-state index is -0.0332. The van der Waals surface area contributed by atoms with Crippen LogP contribution in [0.5, 0.6) is 5.75 Å². The lowest BCUT2D eigenvalue weighted by molar-refractivity contribution is -0.138. The second-order valence-electron chi connectivity index (χ2n) is 10.6. The Morgan fingerprint density at radius 1 is 0.912 bits per heavy atom. The number of fused-ring (bicyclic) bond motifs is 1. The van der Waals surface area contributed by atoms with E-state index in [0.29, 0.717) is 37.0 Å². The molecular formula is C28H42N2O4. The predicted octanol–water partition coefficient (Wildman–Crippen LogP) is 4.92. The Morgan fingerprint density at radius 2 is 1.65 bits per heavy atom. The molecule has 3 aliphatic rings. The minimum Gasteiger partial charge on any atom is -0.492 e. The van der Waals surface area contributed by atoms with Gasteiger partial charge in [0.15, 0.2) is 0 Å². The quantitative estimate of drug-likeness (QED) is 0.547. The highest BCUT2D eigenvalue weighted by atomic mass is 16.5. The Bertz CT molecular complexity index is 810. The summed E-state index contributed by atoms with van der Waals surface area (Å²) in [6, 6.07) is 7.57. The summed E-state index contributed by atoms with van der Waals surface area (Å²) in [4.78, 5) is 30.1. The third kappa shape index (κ3) is 6.32. The first-order valence-electron chi connectivity index (χ1n) is 13.4. The van der Waals surface area contributed by atoms with Crippen molar-refractivity contribution in [3.05, 3.63) is 29.8 Å². The number of carbonyl (C=O) groups excluding carboxylic acids is 2. The molecule has 1 aromatic rings. The van der Waals surface area contributed by atoms with Gasteiger partial charge in [-0.2, -0.15) is 0 Å². The average molecular weight is 471 g/mol. The lowest BCUT2D eigenvalue weighted by Gasteiger charge is -2.43. The lowest BCUT2D eigenvalue weighted by Crippen LogP contribution is -2.47. The van der Waals surface area contributed by atoms with Crippen LogP contribution >= 0.6 is 0 Å². The molecule has 0 N–H and O–H groups in total. The summed E-state index contributed by atoms with van der Waals surface area (Å²) in [6.07, 6.45) is 12.1. The van der Waals surface area contributed by atoms with Gasteiger partial charge in [-0.15, -0.1) is 0 Å². The molecule has 1 saturated carbocycles. The van der Waals surface area contributed by atoms with Crippen LogP contribution in [0.1, 0.15) is 81.0 Å². The van der Waals surface area contributed by atoms with Crippen molar-refractivity contribution in [3.8, 4) is 5.75 Å². The van der Waals surface area contributed by atoms with Gasteiger partial charge in [0, 0.05) is 44.6 Å². The normalized spacial score (nSPS) is 23.5. The van der Waals surface area contributed by atoms with E-state index in [1.54, 1.807) is 4.90 Å². The molecule has 0 unspecified atom stereocenters. The highest BCUT2D eigenvalue weighted by Gasteiger charge is 2.38. The molecule has 0 radical (unpaired) electrons. The molecule has 1 spiro atoms. The van der Waals surface area contributed by atoms with Gasteiger partial charge in [0.1, 0.15) is 5.75 Å². The maximum Gasteiger partial charge on any atom is 0.257 e. The molecule has 2 heterocycles. The summed E-state index contributed by atoms with van der Waals surface area (Å²) in [7, 11) is 1.82. The van der Waals surface area contributed by atoms with E-state index < -0.39 is 0 Å². The molecule has 1 saturated heterocycles. The standard InChI is InChI=1S/C28H42N2O4/c1-29-19-21-33-20-9-8-14-28(22-34-25-13-7-6-12-24(25)27(29)32)15-17-30(18-16-28)26(31)23-10-4-2-3-5-11-23/h6-7,12-13,23H,2-5,8-11,14-22H2,1H3. The number of piperidine rings is 1. The van der Waals surface area contributed by atoms with Gasteiger partial charge in [-0.1, -0.05) is 44.2 Å². The van der Waals surface area contributed by atoms with E-state index >= 15 is 0 Å². The monoisotopic (exact) mass is 470 g/mol. The number of amides is 2. The number of hydrogen-bond acceptors (Lipinski definition) is 4. The van der Waals surface area contributed by atoms with Gasteiger partial charge in [-0.05, 0) is 50.7 Å². The van der Waals surface area contributed by atoms with E-state index in [0.717, 1.165) is 64.6 Å². The fourth-order valence-electron chi connectivity index (χ4n) is 5.77. The second kappa shape index (κ2) is 12.1. The van der Waals surface area contributed by atoms with Gasteiger partial charge in [-0.3, -0.25) is 9.59 Å². The molecule has 34 heavy (non-hydrogen) atoms. The second-order valence-corrected chi connectivity index (χ2v) is 10.6. The maximum atomic E-state index is 13.2. The Labute approximate surface area is 205 Å². The van der Waals surface area contributed by atoms with Crippen molar-refractivity contribution >= 4 is 11.8 Å². The number of para-hydroxylation sites is 1. The smallest absolute Gasteiger partial charge is 0.257 e. The van der Waals surface area contributed by atoms with Crippen molar-refractivity contribution < 1.29 is 19.1 Å². The van der Waals surface area contributed by atoms with Crippen LogP contribution in [0, 0.1) is 11.3 Å². The number of carbonyl (C=O) groups is 2. The van der Waals surface area contributed by atoms with Gasteiger partial charge >= 0.3 is 0 Å². The Kier molecular flexibility index (Phi) is 8.87. The number of nitrogens with zero attached hydrogens (tertiary/aromatic N) is 2. The zero-order valence-corrected chi connectivity index (χ0v) is 20.9. The van der Waals surface area contributed by atoms with E-state index in [4.69, 9.17) is 9.47 Å². The SMILES string of the molecule is CN1CCOCCCCC2(CCN(C(=O)C3CCCCCC3)CC2)COc2ccccc2C1=O. The molecule has 4 rings (SSSR count).